The molecule has 0 spiro atoms. The first-order chi connectivity index (χ1) is 28.6. The number of hydrogen-bond acceptors (Lipinski definition) is 4. The van der Waals surface area contributed by atoms with Gasteiger partial charge in [-0.05, 0) is 71.8 Å². The Morgan fingerprint density at radius 3 is 1.08 bits per heavy atom. The molecule has 0 N–H and O–H groups in total. The van der Waals surface area contributed by atoms with E-state index < -0.39 is 0 Å². The zero-order valence-electron chi connectivity index (χ0n) is 32.9. The van der Waals surface area contributed by atoms with E-state index in [1.807, 2.05) is 146 Å². The van der Waals surface area contributed by atoms with Gasteiger partial charge in [0.25, 0.3) is 0 Å². The van der Waals surface area contributed by atoms with Crippen molar-refractivity contribution >= 4 is 21.8 Å². The number of nitrogens with zero attached hydrogens (tertiary/aromatic N) is 4. The summed E-state index contributed by atoms with van der Waals surface area (Å²) in [6, 6.07) is 76.8. The molecule has 4 nitrogen and oxygen atoms in total. The summed E-state index contributed by atoms with van der Waals surface area (Å²) in [6.45, 7) is 4.27. The molecule has 0 amide bonds. The normalized spacial score (nSPS) is 10.2. The monoisotopic (exact) mass is 1130 g/mol. The summed E-state index contributed by atoms with van der Waals surface area (Å²) >= 11 is 0. The third kappa shape index (κ3) is 10.3. The minimum Gasteiger partial charge on any atom is -0.294 e. The molecule has 10 rings (SSSR count). The van der Waals surface area contributed by atoms with Gasteiger partial charge in [0.1, 0.15) is 0 Å². The number of fused-ring (bicyclic) bond motifs is 2. The van der Waals surface area contributed by atoms with Gasteiger partial charge >= 0.3 is 42.1 Å². The van der Waals surface area contributed by atoms with Crippen molar-refractivity contribution < 1.29 is 42.1 Å². The van der Waals surface area contributed by atoms with Crippen molar-refractivity contribution in [3.05, 3.63) is 230 Å². The molecule has 6 heteroatoms. The maximum absolute atomic E-state index is 5.20. The Morgan fingerprint density at radius 2 is 0.733 bits per heavy atom. The molecule has 10 aromatic rings. The van der Waals surface area contributed by atoms with Crippen molar-refractivity contribution in [3.63, 3.8) is 0 Å². The average Bonchev–Trinajstić information content (AvgIpc) is 3.31. The summed E-state index contributed by atoms with van der Waals surface area (Å²) in [5.41, 5.74) is 12.9. The van der Waals surface area contributed by atoms with Crippen LogP contribution in [0.4, 0.5) is 0 Å². The van der Waals surface area contributed by atoms with Crippen LogP contribution in [-0.2, 0) is 42.1 Å². The van der Waals surface area contributed by atoms with Crippen molar-refractivity contribution in [3.8, 4) is 56.4 Å². The van der Waals surface area contributed by atoms with Gasteiger partial charge in [0.2, 0.25) is 0 Å². The molecule has 0 saturated heterocycles. The summed E-state index contributed by atoms with van der Waals surface area (Å²) in [6.07, 6.45) is 0. The van der Waals surface area contributed by atoms with Gasteiger partial charge in [0, 0.05) is 10.8 Å². The first-order valence-electron chi connectivity index (χ1n) is 19.1. The van der Waals surface area contributed by atoms with Crippen LogP contribution in [-0.4, -0.2) is 19.9 Å². The van der Waals surface area contributed by atoms with Crippen LogP contribution in [0, 0.1) is 38.1 Å². The van der Waals surface area contributed by atoms with E-state index in [4.69, 9.17) is 19.9 Å². The molecule has 6 aromatic carbocycles. The molecule has 294 valence electrons. The maximum atomic E-state index is 5.20. The van der Waals surface area contributed by atoms with E-state index in [1.54, 1.807) is 0 Å². The van der Waals surface area contributed by atoms with Crippen LogP contribution in [0.25, 0.3) is 78.2 Å². The standard InChI is InChI=1S/C42H28N4.2C6H5.2Pt/c1-27-33(25-39(29-13-5-3-6-14-29)45-41(27)37-23-21-31-17-9-11-19-35(31)43-37)34-26-40(30-15-7-4-8-16-30)46-42(28(34)2)38-24-22-32-18-10-12-20-36(32)44-38;2*1-2-4-6-5-3-1;;/h3-13,15,17-26H,1-2H3;2*1-5H;;/q-2;2*-1;2*+2. The van der Waals surface area contributed by atoms with Gasteiger partial charge in [0.15, 0.2) is 0 Å². The Hall–Kier alpha value is -6.18. The molecular weight excluding hydrogens is 1090 g/mol. The molecule has 0 aliphatic rings. The van der Waals surface area contributed by atoms with Crippen LogP contribution >= 0.6 is 0 Å². The zero-order valence-corrected chi connectivity index (χ0v) is 37.4. The number of benzene rings is 6. The summed E-state index contributed by atoms with van der Waals surface area (Å²) in [7, 11) is 0. The third-order valence-corrected chi connectivity index (χ3v) is 9.70. The predicted molar refractivity (Wildman–Crippen MR) is 238 cm³/mol. The van der Waals surface area contributed by atoms with Gasteiger partial charge < -0.3 is 0 Å². The maximum Gasteiger partial charge on any atom is 2.00 e. The number of para-hydroxylation sites is 2. The van der Waals surface area contributed by atoms with Gasteiger partial charge in [0.05, 0.1) is 33.8 Å². The molecule has 4 heterocycles. The van der Waals surface area contributed by atoms with E-state index in [9.17, 15) is 0 Å². The molecule has 0 bridgehead atoms. The Kier molecular flexibility index (Phi) is 15.3. The molecular formula is C54H38N4Pt2. The zero-order chi connectivity index (χ0) is 39.5. The van der Waals surface area contributed by atoms with Crippen LogP contribution < -0.4 is 0 Å². The van der Waals surface area contributed by atoms with Crippen molar-refractivity contribution in [2.75, 3.05) is 0 Å². The van der Waals surface area contributed by atoms with E-state index in [-0.39, 0.29) is 42.1 Å². The molecule has 0 atom stereocenters. The second-order valence-corrected chi connectivity index (χ2v) is 13.5. The first kappa shape index (κ1) is 43.4. The van der Waals surface area contributed by atoms with E-state index in [0.29, 0.717) is 0 Å². The number of rotatable bonds is 5. The van der Waals surface area contributed by atoms with E-state index in [0.717, 1.165) is 89.4 Å². The van der Waals surface area contributed by atoms with E-state index in [1.165, 1.54) is 0 Å². The SMILES string of the molecule is Cc1c(-c2cc(-c3[c-]cccc3)nc(-c3ccc4ccccc4n3)c2C)cc(-c2[c-]cccc2)nc1-c1ccc2ccccc2n1.[Pt+2].[Pt+2].[c-]1ccccc1.[c-]1ccccc1. The smallest absolute Gasteiger partial charge is 0.294 e. The number of aromatic nitrogens is 4. The third-order valence-electron chi connectivity index (χ3n) is 9.70. The summed E-state index contributed by atoms with van der Waals surface area (Å²) in [5, 5.41) is 2.19. The van der Waals surface area contributed by atoms with Crippen molar-refractivity contribution in [2.24, 2.45) is 0 Å². The molecule has 0 unspecified atom stereocenters. The van der Waals surface area contributed by atoms with Crippen LogP contribution in [0.5, 0.6) is 0 Å². The fourth-order valence-electron chi connectivity index (χ4n) is 6.74. The molecule has 4 aromatic heterocycles. The van der Waals surface area contributed by atoms with Gasteiger partial charge in [-0.15, -0.1) is 71.8 Å². The quantitative estimate of drug-likeness (QED) is 0.161. The molecule has 0 fully saturated rings. The van der Waals surface area contributed by atoms with E-state index >= 15 is 0 Å². The second kappa shape index (κ2) is 21.2. The van der Waals surface area contributed by atoms with E-state index in [2.05, 4.69) is 86.6 Å². The van der Waals surface area contributed by atoms with Gasteiger partial charge in [-0.25, -0.2) is 9.97 Å². The van der Waals surface area contributed by atoms with Crippen molar-refractivity contribution in [2.45, 2.75) is 13.8 Å². The fourth-order valence-corrected chi connectivity index (χ4v) is 6.74. The van der Waals surface area contributed by atoms with Gasteiger partial charge in [-0.2, -0.15) is 72.8 Å². The Bertz CT molecular complexity index is 2650. The van der Waals surface area contributed by atoms with Crippen LogP contribution in [0.2, 0.25) is 0 Å². The minimum absolute atomic E-state index is 0. The Morgan fingerprint density at radius 1 is 0.350 bits per heavy atom. The van der Waals surface area contributed by atoms with Gasteiger partial charge in [-0.1, -0.05) is 60.7 Å². The second-order valence-electron chi connectivity index (χ2n) is 13.5. The molecule has 0 aliphatic heterocycles. The summed E-state index contributed by atoms with van der Waals surface area (Å²) in [5.74, 6) is 0. The average molecular weight is 1130 g/mol. The van der Waals surface area contributed by atoms with Crippen LogP contribution in [0.15, 0.2) is 194 Å². The molecule has 60 heavy (non-hydrogen) atoms. The fraction of sp³-hybridized carbons (Fsp3) is 0.0370. The molecule has 0 radical (unpaired) electrons. The van der Waals surface area contributed by atoms with Crippen LogP contribution in [0.1, 0.15) is 11.1 Å². The van der Waals surface area contributed by atoms with Crippen molar-refractivity contribution in [1.29, 1.82) is 0 Å². The van der Waals surface area contributed by atoms with Crippen LogP contribution in [0.3, 0.4) is 0 Å². The Balaban J connectivity index is 0.000000372. The molecule has 0 saturated carbocycles. The summed E-state index contributed by atoms with van der Waals surface area (Å²) < 4.78 is 0. The number of pyridine rings is 4. The topological polar surface area (TPSA) is 51.6 Å². The van der Waals surface area contributed by atoms with Gasteiger partial charge in [-0.3, -0.25) is 9.97 Å². The molecule has 0 aliphatic carbocycles. The summed E-state index contributed by atoms with van der Waals surface area (Å²) in [4.78, 5) is 20.5. The largest absolute Gasteiger partial charge is 2.00 e. The minimum atomic E-state index is 0. The first-order valence-corrected chi connectivity index (χ1v) is 19.1. The predicted octanol–water partition coefficient (Wildman–Crippen LogP) is 13.1. The van der Waals surface area contributed by atoms with Crippen molar-refractivity contribution in [1.82, 2.24) is 19.9 Å². The Labute approximate surface area is 381 Å². The number of hydrogen-bond donors (Lipinski definition) is 0.